The summed E-state index contributed by atoms with van der Waals surface area (Å²) in [5.41, 5.74) is 4.01. The third kappa shape index (κ3) is 5.47. The average Bonchev–Trinajstić information content (AvgIpc) is 2.63. The Morgan fingerprint density at radius 3 is 2.48 bits per heavy atom. The van der Waals surface area contributed by atoms with E-state index in [4.69, 9.17) is 16.3 Å². The van der Waals surface area contributed by atoms with Crippen LogP contribution in [0.1, 0.15) is 16.7 Å². The van der Waals surface area contributed by atoms with E-state index in [2.05, 4.69) is 68.4 Å². The van der Waals surface area contributed by atoms with Crippen LogP contribution >= 0.6 is 43.5 Å². The zero-order valence-corrected chi connectivity index (χ0v) is 18.5. The molecule has 1 N–H and O–H groups in total. The van der Waals surface area contributed by atoms with Crippen LogP contribution in [0.4, 0.5) is 10.1 Å². The predicted octanol–water partition coefficient (Wildman–Crippen LogP) is 7.50. The molecule has 27 heavy (non-hydrogen) atoms. The lowest BCUT2D eigenvalue weighted by Crippen LogP contribution is -2.05. The van der Waals surface area contributed by atoms with Crippen LogP contribution in [0.25, 0.3) is 0 Å². The van der Waals surface area contributed by atoms with Gasteiger partial charge in [-0.05, 0) is 58.7 Å². The molecule has 0 fully saturated rings. The summed E-state index contributed by atoms with van der Waals surface area (Å²) in [5.74, 6) is 0.328. The molecule has 2 nitrogen and oxygen atoms in total. The van der Waals surface area contributed by atoms with E-state index in [1.807, 2.05) is 12.1 Å². The molecule has 0 atom stereocenters. The van der Waals surface area contributed by atoms with Crippen molar-refractivity contribution in [3.63, 3.8) is 0 Å². The molecule has 3 rings (SSSR count). The first-order valence-corrected chi connectivity index (χ1v) is 10.2. The van der Waals surface area contributed by atoms with E-state index in [9.17, 15) is 4.39 Å². The second-order valence-corrected chi connectivity index (χ2v) is 8.31. The van der Waals surface area contributed by atoms with Crippen molar-refractivity contribution in [2.75, 3.05) is 5.32 Å². The Bertz CT molecular complexity index is 948. The van der Waals surface area contributed by atoms with Crippen LogP contribution in [0, 0.1) is 12.7 Å². The van der Waals surface area contributed by atoms with E-state index in [-0.39, 0.29) is 5.02 Å². The first-order chi connectivity index (χ1) is 12.9. The van der Waals surface area contributed by atoms with Crippen LogP contribution < -0.4 is 10.1 Å². The standard InChI is InChI=1S/C21H17Br2ClFNO/c1-13-2-4-14(5-3-13)12-27-21-15(8-16(22)9-18(21)23)11-26-17-6-7-20(25)19(24)10-17/h2-10,26H,11-12H2,1H3. The van der Waals surface area contributed by atoms with E-state index < -0.39 is 5.82 Å². The maximum atomic E-state index is 13.3. The molecule has 0 bridgehead atoms. The summed E-state index contributed by atoms with van der Waals surface area (Å²) in [7, 11) is 0. The van der Waals surface area contributed by atoms with Crippen molar-refractivity contribution in [3.8, 4) is 5.75 Å². The third-order valence-electron chi connectivity index (χ3n) is 3.99. The molecule has 0 radical (unpaired) electrons. The highest BCUT2D eigenvalue weighted by atomic mass is 79.9. The van der Waals surface area contributed by atoms with Crippen molar-refractivity contribution < 1.29 is 9.13 Å². The maximum absolute atomic E-state index is 13.3. The van der Waals surface area contributed by atoms with Gasteiger partial charge in [0.2, 0.25) is 0 Å². The number of hydrogen-bond donors (Lipinski definition) is 1. The van der Waals surface area contributed by atoms with Crippen LogP contribution in [-0.2, 0) is 13.2 Å². The Balaban J connectivity index is 1.77. The molecule has 140 valence electrons. The fraction of sp³-hybridized carbons (Fsp3) is 0.143. The summed E-state index contributed by atoms with van der Waals surface area (Å²) in [4.78, 5) is 0. The van der Waals surface area contributed by atoms with E-state index in [0.717, 1.165) is 31.5 Å². The first-order valence-electron chi connectivity index (χ1n) is 8.27. The van der Waals surface area contributed by atoms with Crippen molar-refractivity contribution in [2.45, 2.75) is 20.1 Å². The van der Waals surface area contributed by atoms with Gasteiger partial charge in [0, 0.05) is 22.3 Å². The van der Waals surface area contributed by atoms with Crippen LogP contribution in [-0.4, -0.2) is 0 Å². The number of benzene rings is 3. The number of nitrogens with one attached hydrogen (secondary N) is 1. The Hall–Kier alpha value is -1.56. The number of rotatable bonds is 6. The minimum absolute atomic E-state index is 0.0891. The van der Waals surface area contributed by atoms with Gasteiger partial charge in [-0.2, -0.15) is 0 Å². The molecule has 0 heterocycles. The summed E-state index contributed by atoms with van der Waals surface area (Å²) in [6, 6.07) is 16.7. The minimum atomic E-state index is -0.436. The first kappa shape index (κ1) is 20.2. The summed E-state index contributed by atoms with van der Waals surface area (Å²) in [5, 5.41) is 3.35. The number of aryl methyl sites for hydroxylation is 1. The van der Waals surface area contributed by atoms with Crippen molar-refractivity contribution in [3.05, 3.63) is 91.1 Å². The molecule has 0 spiro atoms. The van der Waals surface area contributed by atoms with Gasteiger partial charge in [0.1, 0.15) is 18.2 Å². The molecule has 0 aliphatic carbocycles. The molecule has 0 saturated carbocycles. The highest BCUT2D eigenvalue weighted by Gasteiger charge is 2.11. The predicted molar refractivity (Wildman–Crippen MR) is 116 cm³/mol. The number of anilines is 1. The molecule has 0 unspecified atom stereocenters. The number of hydrogen-bond acceptors (Lipinski definition) is 2. The van der Waals surface area contributed by atoms with Crippen molar-refractivity contribution in [1.82, 2.24) is 0 Å². The Morgan fingerprint density at radius 2 is 1.78 bits per heavy atom. The van der Waals surface area contributed by atoms with Crippen molar-refractivity contribution in [2.24, 2.45) is 0 Å². The molecule has 3 aromatic carbocycles. The van der Waals surface area contributed by atoms with Gasteiger partial charge in [0.15, 0.2) is 0 Å². The normalized spacial score (nSPS) is 10.7. The van der Waals surface area contributed by atoms with E-state index in [0.29, 0.717) is 13.2 Å². The van der Waals surface area contributed by atoms with Crippen LogP contribution in [0.5, 0.6) is 5.75 Å². The lowest BCUT2D eigenvalue weighted by atomic mass is 10.1. The molecule has 0 aliphatic heterocycles. The summed E-state index contributed by atoms with van der Waals surface area (Å²) in [6.07, 6.45) is 0. The van der Waals surface area contributed by atoms with Gasteiger partial charge in [-0.25, -0.2) is 4.39 Å². The van der Waals surface area contributed by atoms with Gasteiger partial charge < -0.3 is 10.1 Å². The Labute approximate surface area is 180 Å². The lowest BCUT2D eigenvalue weighted by molar-refractivity contribution is 0.301. The highest BCUT2D eigenvalue weighted by molar-refractivity contribution is 9.11. The monoisotopic (exact) mass is 511 g/mol. The quantitative estimate of drug-likeness (QED) is 0.368. The number of halogens is 4. The zero-order chi connectivity index (χ0) is 19.4. The second kappa shape index (κ2) is 9.09. The van der Waals surface area contributed by atoms with Crippen molar-refractivity contribution in [1.29, 1.82) is 0 Å². The summed E-state index contributed by atoms with van der Waals surface area (Å²) < 4.78 is 21.2. The van der Waals surface area contributed by atoms with E-state index in [1.165, 1.54) is 11.6 Å². The minimum Gasteiger partial charge on any atom is -0.487 e. The van der Waals surface area contributed by atoms with Crippen LogP contribution in [0.15, 0.2) is 63.5 Å². The van der Waals surface area contributed by atoms with Crippen LogP contribution in [0.3, 0.4) is 0 Å². The Kier molecular flexibility index (Phi) is 6.79. The van der Waals surface area contributed by atoms with Crippen LogP contribution in [0.2, 0.25) is 5.02 Å². The smallest absolute Gasteiger partial charge is 0.141 e. The van der Waals surface area contributed by atoms with E-state index in [1.54, 1.807) is 12.1 Å². The van der Waals surface area contributed by atoms with Gasteiger partial charge in [-0.1, -0.05) is 57.4 Å². The number of ether oxygens (including phenoxy) is 1. The topological polar surface area (TPSA) is 21.3 Å². The molecule has 0 aromatic heterocycles. The van der Waals surface area contributed by atoms with Gasteiger partial charge in [-0.15, -0.1) is 0 Å². The van der Waals surface area contributed by atoms with Gasteiger partial charge >= 0.3 is 0 Å². The molecular weight excluding hydrogens is 496 g/mol. The Morgan fingerprint density at radius 1 is 1.04 bits per heavy atom. The molecule has 0 aliphatic rings. The molecule has 0 amide bonds. The highest BCUT2D eigenvalue weighted by Crippen LogP contribution is 2.34. The third-order valence-corrected chi connectivity index (χ3v) is 5.33. The summed E-state index contributed by atoms with van der Waals surface area (Å²) >= 11 is 12.9. The fourth-order valence-corrected chi connectivity index (χ4v) is 4.16. The summed E-state index contributed by atoms with van der Waals surface area (Å²) in [6.45, 7) is 3.03. The molecular formula is C21H17Br2ClFNO. The molecule has 6 heteroatoms. The second-order valence-electron chi connectivity index (χ2n) is 6.13. The van der Waals surface area contributed by atoms with Crippen molar-refractivity contribution >= 4 is 49.1 Å². The molecule has 0 saturated heterocycles. The average molecular weight is 514 g/mol. The lowest BCUT2D eigenvalue weighted by Gasteiger charge is -2.16. The van der Waals surface area contributed by atoms with Gasteiger partial charge in [-0.3, -0.25) is 0 Å². The van der Waals surface area contributed by atoms with E-state index >= 15 is 0 Å². The van der Waals surface area contributed by atoms with Gasteiger partial charge in [0.25, 0.3) is 0 Å². The molecule has 3 aromatic rings. The SMILES string of the molecule is Cc1ccc(COc2c(Br)cc(Br)cc2CNc2ccc(F)c(Cl)c2)cc1. The largest absolute Gasteiger partial charge is 0.487 e. The fourth-order valence-electron chi connectivity index (χ4n) is 2.55. The zero-order valence-electron chi connectivity index (χ0n) is 14.5. The maximum Gasteiger partial charge on any atom is 0.141 e. The van der Waals surface area contributed by atoms with Gasteiger partial charge in [0.05, 0.1) is 9.50 Å².